The van der Waals surface area contributed by atoms with Crippen molar-refractivity contribution in [3.05, 3.63) is 29.3 Å². The number of benzene rings is 1. The first-order valence-electron chi connectivity index (χ1n) is 5.75. The molecule has 1 heterocycles. The number of rotatable bonds is 1. The van der Waals surface area contributed by atoms with Crippen molar-refractivity contribution in [2.45, 2.75) is 33.6 Å². The summed E-state index contributed by atoms with van der Waals surface area (Å²) in [6.45, 7) is 7.12. The van der Waals surface area contributed by atoms with Gasteiger partial charge in [0, 0.05) is 6.42 Å². The zero-order valence-corrected chi connectivity index (χ0v) is 10.2. The molecule has 0 spiro atoms. The molecule has 0 radical (unpaired) electrons. The molecule has 0 amide bonds. The normalized spacial score (nSPS) is 15.6. The van der Waals surface area contributed by atoms with Gasteiger partial charge in [-0.15, -0.1) is 0 Å². The summed E-state index contributed by atoms with van der Waals surface area (Å²) in [5.41, 5.74) is 2.21. The topological polar surface area (TPSA) is 26.3 Å². The second-order valence-corrected chi connectivity index (χ2v) is 5.59. The Hall–Kier alpha value is -1.31. The fourth-order valence-corrected chi connectivity index (χ4v) is 2.03. The molecule has 0 bridgehead atoms. The summed E-state index contributed by atoms with van der Waals surface area (Å²) in [5.74, 6) is 0.950. The fraction of sp³-hybridized carbons (Fsp3) is 0.500. The van der Waals surface area contributed by atoms with Gasteiger partial charge in [0.2, 0.25) is 0 Å². The first kappa shape index (κ1) is 11.2. The molecule has 0 fully saturated rings. The van der Waals surface area contributed by atoms with Crippen LogP contribution in [0.5, 0.6) is 5.75 Å². The lowest BCUT2D eigenvalue weighted by Gasteiger charge is -2.21. The van der Waals surface area contributed by atoms with Gasteiger partial charge in [-0.1, -0.05) is 26.8 Å². The van der Waals surface area contributed by atoms with Crippen molar-refractivity contribution in [3.8, 4) is 5.75 Å². The van der Waals surface area contributed by atoms with E-state index in [0.717, 1.165) is 17.7 Å². The van der Waals surface area contributed by atoms with Gasteiger partial charge in [-0.05, 0) is 29.5 Å². The van der Waals surface area contributed by atoms with E-state index in [1.165, 1.54) is 5.56 Å². The molecule has 1 aliphatic rings. The van der Waals surface area contributed by atoms with E-state index in [2.05, 4.69) is 26.8 Å². The summed E-state index contributed by atoms with van der Waals surface area (Å²) in [6.07, 6.45) is 1.49. The molecule has 1 aliphatic heterocycles. The van der Waals surface area contributed by atoms with Crippen LogP contribution >= 0.6 is 0 Å². The van der Waals surface area contributed by atoms with Gasteiger partial charge in [-0.2, -0.15) is 0 Å². The second kappa shape index (κ2) is 3.93. The maximum absolute atomic E-state index is 11.7. The molecule has 2 heteroatoms. The summed E-state index contributed by atoms with van der Waals surface area (Å²) >= 11 is 0. The number of carbonyl (C=O) groups excluding carboxylic acids is 1. The molecule has 1 aromatic rings. The zero-order valence-electron chi connectivity index (χ0n) is 10.2. The fourth-order valence-electron chi connectivity index (χ4n) is 2.03. The summed E-state index contributed by atoms with van der Waals surface area (Å²) in [5, 5.41) is 0. The molecule has 0 aliphatic carbocycles. The molecule has 2 rings (SSSR count). The molecule has 0 saturated heterocycles. The third-order valence-corrected chi connectivity index (χ3v) is 2.67. The SMILES string of the molecule is CC(C)(C)Cc1ccc2c(c1)C(=O)CCO2. The average Bonchev–Trinajstić information content (AvgIpc) is 2.17. The van der Waals surface area contributed by atoms with Gasteiger partial charge in [-0.25, -0.2) is 0 Å². The molecule has 0 saturated carbocycles. The summed E-state index contributed by atoms with van der Waals surface area (Å²) < 4.78 is 5.46. The summed E-state index contributed by atoms with van der Waals surface area (Å²) in [6, 6.07) is 5.97. The first-order valence-corrected chi connectivity index (χ1v) is 5.75. The zero-order chi connectivity index (χ0) is 11.8. The van der Waals surface area contributed by atoms with E-state index in [-0.39, 0.29) is 11.2 Å². The Bertz CT molecular complexity index is 413. The number of carbonyl (C=O) groups is 1. The Morgan fingerprint density at radius 3 is 2.75 bits per heavy atom. The Morgan fingerprint density at radius 2 is 2.06 bits per heavy atom. The lowest BCUT2D eigenvalue weighted by atomic mass is 9.87. The third kappa shape index (κ3) is 2.43. The standard InChI is InChI=1S/C14H18O2/c1-14(2,3)9-10-4-5-13-11(8-10)12(15)6-7-16-13/h4-5,8H,6-7,9H2,1-3H3. The molecule has 16 heavy (non-hydrogen) atoms. The quantitative estimate of drug-likeness (QED) is 0.723. The first-order chi connectivity index (χ1) is 7.46. The minimum Gasteiger partial charge on any atom is -0.492 e. The van der Waals surface area contributed by atoms with E-state index < -0.39 is 0 Å². The molecule has 0 aromatic heterocycles. The highest BCUT2D eigenvalue weighted by Crippen LogP contribution is 2.28. The molecule has 1 aromatic carbocycles. The van der Waals surface area contributed by atoms with Gasteiger partial charge in [0.25, 0.3) is 0 Å². The predicted molar refractivity (Wildman–Crippen MR) is 64.0 cm³/mol. The Labute approximate surface area is 96.6 Å². The highest BCUT2D eigenvalue weighted by Gasteiger charge is 2.20. The molecule has 0 unspecified atom stereocenters. The molecular formula is C14H18O2. The predicted octanol–water partition coefficient (Wildman–Crippen LogP) is 3.24. The van der Waals surface area contributed by atoms with Gasteiger partial charge in [0.15, 0.2) is 5.78 Å². The van der Waals surface area contributed by atoms with E-state index in [1.54, 1.807) is 0 Å². The number of ether oxygens (including phenoxy) is 1. The molecule has 86 valence electrons. The highest BCUT2D eigenvalue weighted by atomic mass is 16.5. The van der Waals surface area contributed by atoms with Crippen molar-refractivity contribution in [1.29, 1.82) is 0 Å². The van der Waals surface area contributed by atoms with Crippen LogP contribution in [0.4, 0.5) is 0 Å². The van der Waals surface area contributed by atoms with Crippen molar-refractivity contribution < 1.29 is 9.53 Å². The largest absolute Gasteiger partial charge is 0.492 e. The van der Waals surface area contributed by atoms with Gasteiger partial charge in [0.05, 0.1) is 12.2 Å². The van der Waals surface area contributed by atoms with Crippen LogP contribution in [0.2, 0.25) is 0 Å². The van der Waals surface area contributed by atoms with E-state index >= 15 is 0 Å². The summed E-state index contributed by atoms with van der Waals surface area (Å²) in [4.78, 5) is 11.7. The van der Waals surface area contributed by atoms with Gasteiger partial charge >= 0.3 is 0 Å². The Balaban J connectivity index is 2.31. The lowest BCUT2D eigenvalue weighted by molar-refractivity contribution is 0.0933. The Morgan fingerprint density at radius 1 is 1.31 bits per heavy atom. The highest BCUT2D eigenvalue weighted by molar-refractivity contribution is 5.99. The van der Waals surface area contributed by atoms with Gasteiger partial charge in [0.1, 0.15) is 5.75 Å². The minimum atomic E-state index is 0.206. The van der Waals surface area contributed by atoms with Crippen LogP contribution in [0, 0.1) is 5.41 Å². The van der Waals surface area contributed by atoms with E-state index in [9.17, 15) is 4.79 Å². The number of fused-ring (bicyclic) bond motifs is 1. The molecule has 0 N–H and O–H groups in total. The monoisotopic (exact) mass is 218 g/mol. The van der Waals surface area contributed by atoms with Crippen LogP contribution < -0.4 is 4.74 Å². The van der Waals surface area contributed by atoms with Crippen molar-refractivity contribution >= 4 is 5.78 Å². The molecular weight excluding hydrogens is 200 g/mol. The lowest BCUT2D eigenvalue weighted by Crippen LogP contribution is -2.16. The molecule has 2 nitrogen and oxygen atoms in total. The van der Waals surface area contributed by atoms with Crippen LogP contribution in [-0.2, 0) is 6.42 Å². The Kier molecular flexibility index (Phi) is 2.75. The maximum atomic E-state index is 11.7. The van der Waals surface area contributed by atoms with Crippen LogP contribution in [0.1, 0.15) is 43.1 Å². The van der Waals surface area contributed by atoms with Gasteiger partial charge < -0.3 is 4.74 Å². The van der Waals surface area contributed by atoms with E-state index in [1.807, 2.05) is 12.1 Å². The third-order valence-electron chi connectivity index (χ3n) is 2.67. The molecule has 0 atom stereocenters. The van der Waals surface area contributed by atoms with Crippen molar-refractivity contribution in [3.63, 3.8) is 0 Å². The number of Topliss-reactive ketones (excluding diaryl/α,β-unsaturated/α-hetero) is 1. The van der Waals surface area contributed by atoms with E-state index in [4.69, 9.17) is 4.74 Å². The van der Waals surface area contributed by atoms with E-state index in [0.29, 0.717) is 13.0 Å². The maximum Gasteiger partial charge on any atom is 0.170 e. The summed E-state index contributed by atoms with van der Waals surface area (Å²) in [7, 11) is 0. The van der Waals surface area contributed by atoms with Crippen molar-refractivity contribution in [1.82, 2.24) is 0 Å². The van der Waals surface area contributed by atoms with Crippen molar-refractivity contribution in [2.24, 2.45) is 5.41 Å². The average molecular weight is 218 g/mol. The number of hydrogen-bond donors (Lipinski definition) is 0. The van der Waals surface area contributed by atoms with Crippen molar-refractivity contribution in [2.75, 3.05) is 6.61 Å². The van der Waals surface area contributed by atoms with Crippen LogP contribution in [0.3, 0.4) is 0 Å². The van der Waals surface area contributed by atoms with Crippen LogP contribution in [0.15, 0.2) is 18.2 Å². The van der Waals surface area contributed by atoms with Gasteiger partial charge in [-0.3, -0.25) is 4.79 Å². The number of hydrogen-bond acceptors (Lipinski definition) is 2. The number of ketones is 1. The minimum absolute atomic E-state index is 0.206. The van der Waals surface area contributed by atoms with Crippen LogP contribution in [-0.4, -0.2) is 12.4 Å². The second-order valence-electron chi connectivity index (χ2n) is 5.59. The van der Waals surface area contributed by atoms with Crippen LogP contribution in [0.25, 0.3) is 0 Å². The smallest absolute Gasteiger partial charge is 0.170 e.